The van der Waals surface area contributed by atoms with E-state index in [1.165, 1.54) is 25.0 Å². The fourth-order valence-corrected chi connectivity index (χ4v) is 2.24. The van der Waals surface area contributed by atoms with Gasteiger partial charge in [-0.05, 0) is 37.0 Å². The van der Waals surface area contributed by atoms with E-state index >= 15 is 0 Å². The Balaban J connectivity index is 1.73. The van der Waals surface area contributed by atoms with Crippen LogP contribution in [0.5, 0.6) is 0 Å². The molecule has 1 aromatic rings. The predicted octanol–water partition coefficient (Wildman–Crippen LogP) is 2.33. The lowest BCUT2D eigenvalue weighted by molar-refractivity contribution is 0.291. The van der Waals surface area contributed by atoms with Crippen LogP contribution < -0.4 is 0 Å². The van der Waals surface area contributed by atoms with Gasteiger partial charge in [0.1, 0.15) is 0 Å². The van der Waals surface area contributed by atoms with Crippen LogP contribution in [0.2, 0.25) is 0 Å². The highest BCUT2D eigenvalue weighted by molar-refractivity contribution is 5.63. The molecule has 0 saturated heterocycles. The fraction of sp³-hybridized carbons (Fsp3) is 0.462. The molecular weight excluding hydrogens is 184 g/mol. The molecule has 3 rings (SSSR count). The summed E-state index contributed by atoms with van der Waals surface area (Å²) in [4.78, 5) is 6.99. The van der Waals surface area contributed by atoms with Gasteiger partial charge in [-0.25, -0.2) is 0 Å². The van der Waals surface area contributed by atoms with Gasteiger partial charge in [0.2, 0.25) is 0 Å². The summed E-state index contributed by atoms with van der Waals surface area (Å²) in [5.41, 5.74) is 2.58. The quantitative estimate of drug-likeness (QED) is 0.728. The van der Waals surface area contributed by atoms with Gasteiger partial charge < -0.3 is 0 Å². The second-order valence-electron chi connectivity index (χ2n) is 4.42. The molecule has 0 amide bonds. The molecule has 1 saturated carbocycles. The van der Waals surface area contributed by atoms with Crippen LogP contribution in [-0.2, 0) is 0 Å². The Hall–Kier alpha value is -1.15. The van der Waals surface area contributed by atoms with Crippen LogP contribution in [0.4, 0.5) is 0 Å². The minimum Gasteiger partial charge on any atom is -0.296 e. The second kappa shape index (κ2) is 3.78. The number of hydrogen-bond donors (Lipinski definition) is 0. The van der Waals surface area contributed by atoms with Gasteiger partial charge in [-0.15, -0.1) is 0 Å². The third kappa shape index (κ3) is 1.95. The lowest BCUT2D eigenvalue weighted by Gasteiger charge is -2.25. The van der Waals surface area contributed by atoms with E-state index in [2.05, 4.69) is 28.1 Å². The molecule has 0 aromatic carbocycles. The molecule has 0 N–H and O–H groups in total. The zero-order chi connectivity index (χ0) is 10.1. The van der Waals surface area contributed by atoms with Gasteiger partial charge in [0.15, 0.2) is 0 Å². The van der Waals surface area contributed by atoms with Gasteiger partial charge in [-0.2, -0.15) is 0 Å². The Labute approximate surface area is 90.6 Å². The first kappa shape index (κ1) is 9.10. The van der Waals surface area contributed by atoms with Crippen LogP contribution in [-0.4, -0.2) is 29.0 Å². The molecular formula is C13H16N2. The smallest absolute Gasteiger partial charge is 0.0659 e. The number of rotatable bonds is 2. The highest BCUT2D eigenvalue weighted by atomic mass is 15.2. The fourth-order valence-electron chi connectivity index (χ4n) is 2.24. The number of aromatic nitrogens is 1. The predicted molar refractivity (Wildman–Crippen MR) is 61.4 cm³/mol. The summed E-state index contributed by atoms with van der Waals surface area (Å²) < 4.78 is 0. The lowest BCUT2D eigenvalue weighted by Crippen LogP contribution is -2.30. The highest BCUT2D eigenvalue weighted by Crippen LogP contribution is 2.30. The van der Waals surface area contributed by atoms with E-state index in [9.17, 15) is 0 Å². The number of pyridine rings is 1. The molecule has 0 atom stereocenters. The largest absolute Gasteiger partial charge is 0.296 e. The van der Waals surface area contributed by atoms with Crippen molar-refractivity contribution >= 4 is 5.57 Å². The summed E-state index contributed by atoms with van der Waals surface area (Å²) in [6.45, 7) is 2.34. The van der Waals surface area contributed by atoms with E-state index in [4.69, 9.17) is 0 Å². The first-order valence-corrected chi connectivity index (χ1v) is 5.78. The SMILES string of the molecule is C1=C(c2ccccn2)CCN(C2CC2)C1. The van der Waals surface area contributed by atoms with Crippen LogP contribution >= 0.6 is 0 Å². The van der Waals surface area contributed by atoms with Crippen molar-refractivity contribution in [3.63, 3.8) is 0 Å². The van der Waals surface area contributed by atoms with Crippen molar-refractivity contribution in [3.8, 4) is 0 Å². The lowest BCUT2D eigenvalue weighted by atomic mass is 10.0. The van der Waals surface area contributed by atoms with Crippen LogP contribution in [0.1, 0.15) is 25.0 Å². The van der Waals surface area contributed by atoms with E-state index in [1.54, 1.807) is 0 Å². The molecule has 1 aliphatic carbocycles. The van der Waals surface area contributed by atoms with Crippen molar-refractivity contribution in [1.82, 2.24) is 9.88 Å². The third-order valence-corrected chi connectivity index (χ3v) is 3.30. The number of hydrogen-bond acceptors (Lipinski definition) is 2. The standard InChI is InChI=1S/C13H16N2/c1-2-8-14-13(3-1)11-6-9-15(10-7-11)12-4-5-12/h1-3,6,8,12H,4-5,7,9-10H2. The zero-order valence-electron chi connectivity index (χ0n) is 8.89. The van der Waals surface area contributed by atoms with Crippen molar-refractivity contribution in [1.29, 1.82) is 0 Å². The Morgan fingerprint density at radius 3 is 2.80 bits per heavy atom. The van der Waals surface area contributed by atoms with Gasteiger partial charge >= 0.3 is 0 Å². The molecule has 2 heterocycles. The molecule has 15 heavy (non-hydrogen) atoms. The maximum Gasteiger partial charge on any atom is 0.0659 e. The summed E-state index contributed by atoms with van der Waals surface area (Å²) in [7, 11) is 0. The summed E-state index contributed by atoms with van der Waals surface area (Å²) >= 11 is 0. The summed E-state index contributed by atoms with van der Waals surface area (Å²) in [6, 6.07) is 7.05. The molecule has 2 heteroatoms. The van der Waals surface area contributed by atoms with Crippen molar-refractivity contribution in [2.75, 3.05) is 13.1 Å². The molecule has 78 valence electrons. The molecule has 2 nitrogen and oxygen atoms in total. The minimum absolute atomic E-state index is 0.895. The normalized spacial score (nSPS) is 22.5. The van der Waals surface area contributed by atoms with Gasteiger partial charge in [0.25, 0.3) is 0 Å². The van der Waals surface area contributed by atoms with Gasteiger partial charge in [0.05, 0.1) is 5.69 Å². The minimum atomic E-state index is 0.895. The maximum absolute atomic E-state index is 4.40. The topological polar surface area (TPSA) is 16.1 Å². The van der Waals surface area contributed by atoms with Gasteiger partial charge in [0, 0.05) is 25.3 Å². The molecule has 1 fully saturated rings. The monoisotopic (exact) mass is 200 g/mol. The summed E-state index contributed by atoms with van der Waals surface area (Å²) in [5, 5.41) is 0. The van der Waals surface area contributed by atoms with Crippen LogP contribution in [0.15, 0.2) is 30.5 Å². The molecule has 1 aromatic heterocycles. The van der Waals surface area contributed by atoms with Crippen molar-refractivity contribution in [3.05, 3.63) is 36.2 Å². The van der Waals surface area contributed by atoms with Gasteiger partial charge in [-0.1, -0.05) is 12.1 Å². The molecule has 0 bridgehead atoms. The maximum atomic E-state index is 4.40. The summed E-state index contributed by atoms with van der Waals surface area (Å²) in [5.74, 6) is 0. The average Bonchev–Trinajstić information content (AvgIpc) is 3.15. The van der Waals surface area contributed by atoms with E-state index < -0.39 is 0 Å². The van der Waals surface area contributed by atoms with E-state index in [1.807, 2.05) is 12.3 Å². The second-order valence-corrected chi connectivity index (χ2v) is 4.42. The van der Waals surface area contributed by atoms with Crippen LogP contribution in [0.3, 0.4) is 0 Å². The molecule has 2 aliphatic rings. The van der Waals surface area contributed by atoms with E-state index in [0.717, 1.165) is 24.7 Å². The average molecular weight is 200 g/mol. The Bertz CT molecular complexity index is 365. The first-order chi connectivity index (χ1) is 7.43. The van der Waals surface area contributed by atoms with Crippen molar-refractivity contribution in [2.45, 2.75) is 25.3 Å². The summed E-state index contributed by atoms with van der Waals surface area (Å²) in [6.07, 6.45) is 8.21. The van der Waals surface area contributed by atoms with Crippen LogP contribution in [0.25, 0.3) is 5.57 Å². The van der Waals surface area contributed by atoms with Crippen molar-refractivity contribution < 1.29 is 0 Å². The third-order valence-electron chi connectivity index (χ3n) is 3.30. The molecule has 1 aliphatic heterocycles. The van der Waals surface area contributed by atoms with E-state index in [0.29, 0.717) is 0 Å². The zero-order valence-corrected chi connectivity index (χ0v) is 8.89. The molecule has 0 unspecified atom stereocenters. The van der Waals surface area contributed by atoms with Gasteiger partial charge in [-0.3, -0.25) is 9.88 Å². The Kier molecular flexibility index (Phi) is 2.29. The Morgan fingerprint density at radius 1 is 1.27 bits per heavy atom. The van der Waals surface area contributed by atoms with Crippen molar-refractivity contribution in [2.24, 2.45) is 0 Å². The first-order valence-electron chi connectivity index (χ1n) is 5.78. The highest BCUT2D eigenvalue weighted by Gasteiger charge is 2.29. The van der Waals surface area contributed by atoms with E-state index in [-0.39, 0.29) is 0 Å². The molecule has 0 spiro atoms. The Morgan fingerprint density at radius 2 is 2.20 bits per heavy atom. The van der Waals surface area contributed by atoms with Crippen LogP contribution in [0, 0.1) is 0 Å². The number of nitrogens with zero attached hydrogens (tertiary/aromatic N) is 2. The molecule has 0 radical (unpaired) electrons.